The van der Waals surface area contributed by atoms with E-state index in [2.05, 4.69) is 19.9 Å². The van der Waals surface area contributed by atoms with Gasteiger partial charge in [-0.15, -0.1) is 0 Å². The number of rotatable bonds is 3. The molecule has 144 valence electrons. The Labute approximate surface area is 164 Å². The first-order valence-electron chi connectivity index (χ1n) is 8.76. The van der Waals surface area contributed by atoms with Gasteiger partial charge in [-0.25, -0.2) is 27.7 Å². The summed E-state index contributed by atoms with van der Waals surface area (Å²) in [7, 11) is -3.28. The van der Waals surface area contributed by atoms with Crippen LogP contribution < -0.4 is 5.69 Å². The van der Waals surface area contributed by atoms with E-state index in [1.165, 1.54) is 16.7 Å². The lowest BCUT2D eigenvalue weighted by molar-refractivity contribution is 0.602. The van der Waals surface area contributed by atoms with Crippen molar-refractivity contribution < 1.29 is 8.42 Å². The van der Waals surface area contributed by atoms with E-state index in [0.717, 1.165) is 17.2 Å². The minimum Gasteiger partial charge on any atom is -0.361 e. The highest BCUT2D eigenvalue weighted by Gasteiger charge is 2.14. The molecule has 9 heteroatoms. The number of nitrogens with zero attached hydrogens (tertiary/aromatic N) is 3. The summed E-state index contributed by atoms with van der Waals surface area (Å²) >= 11 is 0. The van der Waals surface area contributed by atoms with Crippen molar-refractivity contribution in [2.45, 2.75) is 4.90 Å². The Hall–Kier alpha value is -3.72. The Balaban J connectivity index is 1.67. The highest BCUT2D eigenvalue weighted by Crippen LogP contribution is 2.23. The molecule has 0 atom stereocenters. The number of aromatic amines is 2. The average Bonchev–Trinajstić information content (AvgIpc) is 3.29. The lowest BCUT2D eigenvalue weighted by atomic mass is 10.2. The van der Waals surface area contributed by atoms with Gasteiger partial charge in [0.05, 0.1) is 22.5 Å². The molecule has 0 aliphatic carbocycles. The molecular weight excluding hydrogens is 390 g/mol. The van der Waals surface area contributed by atoms with Gasteiger partial charge in [0.25, 0.3) is 0 Å². The van der Waals surface area contributed by atoms with Crippen LogP contribution in [0.3, 0.4) is 0 Å². The first-order valence-corrected chi connectivity index (χ1v) is 10.6. The molecule has 8 nitrogen and oxygen atoms in total. The molecular formula is C20H15N5O3S. The van der Waals surface area contributed by atoms with E-state index in [0.29, 0.717) is 28.2 Å². The second-order valence-corrected chi connectivity index (χ2v) is 8.75. The van der Waals surface area contributed by atoms with Crippen molar-refractivity contribution in [1.29, 1.82) is 0 Å². The molecule has 0 aliphatic rings. The fourth-order valence-electron chi connectivity index (χ4n) is 3.31. The van der Waals surface area contributed by atoms with Crippen molar-refractivity contribution in [2.24, 2.45) is 0 Å². The highest BCUT2D eigenvalue weighted by atomic mass is 32.2. The minimum absolute atomic E-state index is 0.230. The van der Waals surface area contributed by atoms with Crippen LogP contribution in [-0.4, -0.2) is 39.2 Å². The fourth-order valence-corrected chi connectivity index (χ4v) is 3.94. The minimum atomic E-state index is -3.28. The van der Waals surface area contributed by atoms with Crippen LogP contribution in [0.15, 0.2) is 70.6 Å². The quantitative estimate of drug-likeness (QED) is 0.479. The van der Waals surface area contributed by atoms with Crippen molar-refractivity contribution >= 4 is 32.0 Å². The third-order valence-electron chi connectivity index (χ3n) is 4.77. The lowest BCUT2D eigenvalue weighted by Gasteiger charge is -2.05. The van der Waals surface area contributed by atoms with Crippen molar-refractivity contribution in [1.82, 2.24) is 24.5 Å². The third kappa shape index (κ3) is 2.92. The number of H-pyrrole nitrogens is 2. The molecule has 0 spiro atoms. The number of imidazole rings is 1. The molecule has 2 N–H and O–H groups in total. The largest absolute Gasteiger partial charge is 0.361 e. The number of hydrogen-bond acceptors (Lipinski definition) is 5. The van der Waals surface area contributed by atoms with Crippen LogP contribution in [0.1, 0.15) is 0 Å². The van der Waals surface area contributed by atoms with Crippen LogP contribution in [-0.2, 0) is 9.84 Å². The molecule has 3 aromatic heterocycles. The standard InChI is InChI=1S/C20H15N5O3S/c1-29(27,28)15-5-2-12(3-6-15)17-11-22-18-19(23-17)25(20(26)24-18)14-4-7-16-13(10-14)8-9-21-16/h2-11,21H,1H3,(H,22,24,26). The van der Waals surface area contributed by atoms with Crippen molar-refractivity contribution in [3.8, 4) is 16.9 Å². The molecule has 0 radical (unpaired) electrons. The molecule has 0 unspecified atom stereocenters. The highest BCUT2D eigenvalue weighted by molar-refractivity contribution is 7.90. The monoisotopic (exact) mass is 405 g/mol. The Morgan fingerprint density at radius 1 is 1.03 bits per heavy atom. The first-order chi connectivity index (χ1) is 13.9. The van der Waals surface area contributed by atoms with Gasteiger partial charge in [0, 0.05) is 28.9 Å². The van der Waals surface area contributed by atoms with E-state index < -0.39 is 9.84 Å². The smallest absolute Gasteiger partial charge is 0.333 e. The normalized spacial score (nSPS) is 12.0. The predicted molar refractivity (Wildman–Crippen MR) is 110 cm³/mol. The molecule has 5 rings (SSSR count). The third-order valence-corrected chi connectivity index (χ3v) is 5.90. The summed E-state index contributed by atoms with van der Waals surface area (Å²) in [5.41, 5.74) is 3.32. The molecule has 0 saturated heterocycles. The van der Waals surface area contributed by atoms with Crippen LogP contribution in [0.2, 0.25) is 0 Å². The van der Waals surface area contributed by atoms with Crippen LogP contribution in [0.25, 0.3) is 39.1 Å². The molecule has 5 aromatic rings. The Morgan fingerprint density at radius 2 is 1.83 bits per heavy atom. The van der Waals surface area contributed by atoms with Crippen molar-refractivity contribution in [3.63, 3.8) is 0 Å². The zero-order valence-electron chi connectivity index (χ0n) is 15.2. The van der Waals surface area contributed by atoms with Gasteiger partial charge in [0.15, 0.2) is 21.1 Å². The van der Waals surface area contributed by atoms with Gasteiger partial charge >= 0.3 is 5.69 Å². The molecule has 0 fully saturated rings. The molecule has 0 amide bonds. The number of benzene rings is 2. The van der Waals surface area contributed by atoms with Gasteiger partial charge in [-0.05, 0) is 36.4 Å². The van der Waals surface area contributed by atoms with Crippen molar-refractivity contribution in [3.05, 3.63) is 71.4 Å². The summed E-state index contributed by atoms with van der Waals surface area (Å²) in [4.78, 5) is 27.6. The first kappa shape index (κ1) is 17.4. The van der Waals surface area contributed by atoms with Crippen LogP contribution in [0.4, 0.5) is 0 Å². The predicted octanol–water partition coefficient (Wildman–Crippen LogP) is 2.66. The van der Waals surface area contributed by atoms with E-state index in [4.69, 9.17) is 0 Å². The van der Waals surface area contributed by atoms with Crippen LogP contribution in [0, 0.1) is 0 Å². The number of hydrogen-bond donors (Lipinski definition) is 2. The number of fused-ring (bicyclic) bond motifs is 2. The fraction of sp³-hybridized carbons (Fsp3) is 0.0500. The molecule has 3 heterocycles. The van der Waals surface area contributed by atoms with Crippen molar-refractivity contribution in [2.75, 3.05) is 6.26 Å². The van der Waals surface area contributed by atoms with Gasteiger partial charge in [-0.2, -0.15) is 0 Å². The maximum atomic E-state index is 12.6. The molecule has 2 aromatic carbocycles. The molecule has 0 saturated carbocycles. The summed E-state index contributed by atoms with van der Waals surface area (Å²) in [6, 6.07) is 14.0. The second-order valence-electron chi connectivity index (χ2n) is 6.74. The van der Waals surface area contributed by atoms with Crippen LogP contribution in [0.5, 0.6) is 0 Å². The molecule has 0 aliphatic heterocycles. The zero-order chi connectivity index (χ0) is 20.2. The van der Waals surface area contributed by atoms with E-state index in [9.17, 15) is 13.2 Å². The Bertz CT molecular complexity index is 1540. The summed E-state index contributed by atoms with van der Waals surface area (Å²) in [6.07, 6.45) is 4.55. The van der Waals surface area contributed by atoms with E-state index in [1.54, 1.807) is 18.3 Å². The topological polar surface area (TPSA) is 113 Å². The van der Waals surface area contributed by atoms with E-state index in [1.807, 2.05) is 30.5 Å². The Morgan fingerprint density at radius 3 is 2.59 bits per heavy atom. The van der Waals surface area contributed by atoms with Gasteiger partial charge < -0.3 is 4.98 Å². The van der Waals surface area contributed by atoms with E-state index in [-0.39, 0.29) is 10.6 Å². The number of aromatic nitrogens is 5. The number of sulfone groups is 1. The van der Waals surface area contributed by atoms with Gasteiger partial charge in [-0.1, -0.05) is 12.1 Å². The SMILES string of the molecule is CS(=O)(=O)c1ccc(-c2cnc3[nH]c(=O)n(-c4ccc5[nH]ccc5c4)c3n2)cc1. The van der Waals surface area contributed by atoms with Gasteiger partial charge in [-0.3, -0.25) is 4.98 Å². The molecule has 29 heavy (non-hydrogen) atoms. The second kappa shape index (κ2) is 6.14. The summed E-state index contributed by atoms with van der Waals surface area (Å²) in [5, 5.41) is 0.976. The van der Waals surface area contributed by atoms with Gasteiger partial charge in [0.2, 0.25) is 0 Å². The van der Waals surface area contributed by atoms with Crippen LogP contribution >= 0.6 is 0 Å². The summed E-state index contributed by atoms with van der Waals surface area (Å²) in [6.45, 7) is 0. The summed E-state index contributed by atoms with van der Waals surface area (Å²) < 4.78 is 24.8. The van der Waals surface area contributed by atoms with E-state index >= 15 is 0 Å². The van der Waals surface area contributed by atoms with Gasteiger partial charge in [0.1, 0.15) is 0 Å². The zero-order valence-corrected chi connectivity index (χ0v) is 16.1. The molecule has 0 bridgehead atoms. The lowest BCUT2D eigenvalue weighted by Crippen LogP contribution is -2.14. The maximum Gasteiger partial charge on any atom is 0.333 e. The average molecular weight is 405 g/mol. The maximum absolute atomic E-state index is 12.6. The number of nitrogens with one attached hydrogen (secondary N) is 2. The summed E-state index contributed by atoms with van der Waals surface area (Å²) in [5.74, 6) is 0. The Kier molecular flexibility index (Phi) is 3.68.